The predicted molar refractivity (Wildman–Crippen MR) is 247 cm³/mol. The van der Waals surface area contributed by atoms with E-state index in [1.54, 1.807) is 7.11 Å². The summed E-state index contributed by atoms with van der Waals surface area (Å²) in [5.41, 5.74) is 4.22. The van der Waals surface area contributed by atoms with Gasteiger partial charge in [0.1, 0.15) is 23.0 Å². The molecule has 0 N–H and O–H groups in total. The van der Waals surface area contributed by atoms with E-state index in [1.807, 2.05) is 179 Å². The predicted octanol–water partition coefficient (Wildman–Crippen LogP) is 12.7. The van der Waals surface area contributed by atoms with E-state index in [2.05, 4.69) is 36.4 Å². The Kier molecular flexibility index (Phi) is 12.2. The molecule has 7 aromatic rings. The van der Waals surface area contributed by atoms with Gasteiger partial charge in [-0.15, -0.1) is 9.03 Å². The lowest BCUT2D eigenvalue weighted by Gasteiger charge is -2.39. The maximum atomic E-state index is 7.88. The van der Waals surface area contributed by atoms with Gasteiger partial charge in [0.15, 0.2) is 0 Å². The van der Waals surface area contributed by atoms with Gasteiger partial charge in [0.25, 0.3) is 8.32 Å². The minimum atomic E-state index is -4.00. The highest BCUT2D eigenvalue weighted by atomic mass is 31.3. The summed E-state index contributed by atoms with van der Waals surface area (Å²) in [6, 6.07) is 61.4. The molecular formula is C47H46N3O6P3Si. The first-order valence-electron chi connectivity index (χ1n) is 19.5. The molecule has 0 bridgehead atoms. The summed E-state index contributed by atoms with van der Waals surface area (Å²) in [5, 5.41) is 2.87. The number of aryl methyl sites for hydroxylation is 4. The number of nitrogens with zero attached hydrogens (tertiary/aromatic N) is 3. The van der Waals surface area contributed by atoms with Crippen molar-refractivity contribution in [1.29, 1.82) is 0 Å². The monoisotopic (exact) mass is 869 g/mol. The van der Waals surface area contributed by atoms with Gasteiger partial charge >= 0.3 is 23.0 Å². The normalized spacial score (nSPS) is 16.6. The zero-order valence-corrected chi connectivity index (χ0v) is 37.7. The zero-order chi connectivity index (χ0) is 41.6. The number of hydrogen-bond donors (Lipinski definition) is 0. The van der Waals surface area contributed by atoms with E-state index in [4.69, 9.17) is 40.4 Å². The molecular weight excluding hydrogens is 824 g/mol. The molecule has 0 spiro atoms. The second-order valence-corrected chi connectivity index (χ2v) is 24.4. The lowest BCUT2D eigenvalue weighted by molar-refractivity contribution is 0.381. The fraction of sp³-hybridized carbons (Fsp3) is 0.106. The molecule has 9 nitrogen and oxygen atoms in total. The van der Waals surface area contributed by atoms with Crippen LogP contribution in [0.2, 0.25) is 0 Å². The molecule has 1 aliphatic heterocycles. The molecule has 1 unspecified atom stereocenters. The van der Waals surface area contributed by atoms with Crippen LogP contribution in [0.4, 0.5) is 0 Å². The van der Waals surface area contributed by atoms with Gasteiger partial charge in [-0.2, -0.15) is 0 Å². The first-order chi connectivity index (χ1) is 29.1. The molecule has 0 amide bonds. The Bertz CT molecular complexity index is 2420. The summed E-state index contributed by atoms with van der Waals surface area (Å²) >= 11 is 0. The van der Waals surface area contributed by atoms with Crippen molar-refractivity contribution >= 4 is 46.9 Å². The summed E-state index contributed by atoms with van der Waals surface area (Å²) in [6.45, 7) is 8.07. The van der Waals surface area contributed by atoms with Crippen LogP contribution in [-0.4, -0.2) is 15.4 Å². The van der Waals surface area contributed by atoms with Gasteiger partial charge in [0.05, 0.1) is 0 Å². The minimum Gasteiger partial charge on any atom is -0.413 e. The molecule has 0 saturated carbocycles. The Morgan fingerprint density at radius 1 is 0.333 bits per heavy atom. The van der Waals surface area contributed by atoms with Crippen molar-refractivity contribution in [3.8, 4) is 23.0 Å². The third kappa shape index (κ3) is 9.15. The van der Waals surface area contributed by atoms with E-state index in [-0.39, 0.29) is 0 Å². The number of hydrogen-bond acceptors (Lipinski definition) is 9. The molecule has 304 valence electrons. The molecule has 8 rings (SSSR count). The maximum Gasteiger partial charge on any atom is 0.459 e. The van der Waals surface area contributed by atoms with Crippen LogP contribution < -0.4 is 33.7 Å². The first-order valence-corrected chi connectivity index (χ1v) is 26.0. The fourth-order valence-electron chi connectivity index (χ4n) is 6.61. The van der Waals surface area contributed by atoms with Gasteiger partial charge in [-0.3, -0.25) is 0 Å². The average Bonchev–Trinajstić information content (AvgIpc) is 3.27. The van der Waals surface area contributed by atoms with E-state index in [9.17, 15) is 0 Å². The lowest BCUT2D eigenvalue weighted by Crippen LogP contribution is -2.68. The summed E-state index contributed by atoms with van der Waals surface area (Å²) in [5.74, 6) is 1.91. The lowest BCUT2D eigenvalue weighted by atomic mass is 10.2. The SMILES string of the molecule is COP1(O[Si](c2ccccc2)(c2ccccc2)c2ccccc2)=NP(Oc2ccc(C)cc2)(Oc2ccc(C)cc2)=NP(Oc2ccc(C)cc2)(Oc2ccc(C)cc2)=N1. The standard InChI is InChI=1S/C47H46N3O6P3Si/c1-37-21-29-41(30-22-37)52-58(53-42-31-23-38(2)24-32-42)48-57(51-5,49-59(50-58,54-43-33-25-39(3)26-34-43)55-44-35-27-40(4)28-36-44)56-60(45-15-9-6-10-16-45,46-17-11-7-12-18-46)47-19-13-8-14-20-47/h6-36H,1-5H3. The van der Waals surface area contributed by atoms with E-state index in [1.165, 1.54) is 0 Å². The third-order valence-electron chi connectivity index (χ3n) is 9.69. The zero-order valence-electron chi connectivity index (χ0n) is 34.0. The Hall–Kier alpha value is -5.43. The highest BCUT2D eigenvalue weighted by molar-refractivity contribution is 7.79. The third-order valence-corrected chi connectivity index (χ3v) is 22.9. The molecule has 60 heavy (non-hydrogen) atoms. The van der Waals surface area contributed by atoms with Gasteiger partial charge in [-0.1, -0.05) is 166 Å². The van der Waals surface area contributed by atoms with Gasteiger partial charge in [-0.05, 0) is 91.8 Å². The van der Waals surface area contributed by atoms with Crippen molar-refractivity contribution in [1.82, 2.24) is 0 Å². The van der Waals surface area contributed by atoms with Crippen LogP contribution in [0.5, 0.6) is 23.0 Å². The average molecular weight is 870 g/mol. The minimum absolute atomic E-state index is 0.478. The van der Waals surface area contributed by atoms with Crippen molar-refractivity contribution in [3.63, 3.8) is 0 Å². The van der Waals surface area contributed by atoms with Crippen LogP contribution in [-0.2, 0) is 8.74 Å². The van der Waals surface area contributed by atoms with Gasteiger partial charge in [0, 0.05) is 7.11 Å². The van der Waals surface area contributed by atoms with Crippen LogP contribution in [0, 0.1) is 27.7 Å². The van der Waals surface area contributed by atoms with Crippen molar-refractivity contribution in [2.45, 2.75) is 27.7 Å². The second kappa shape index (κ2) is 17.7. The van der Waals surface area contributed by atoms with Crippen molar-refractivity contribution < 1.29 is 26.8 Å². The molecule has 7 aromatic carbocycles. The summed E-state index contributed by atoms with van der Waals surface area (Å²) in [4.78, 5) is 0. The highest BCUT2D eigenvalue weighted by Gasteiger charge is 2.53. The maximum absolute atomic E-state index is 7.88. The first kappa shape index (κ1) is 41.3. The molecule has 0 aliphatic carbocycles. The topological polar surface area (TPSA) is 92.5 Å². The molecule has 1 heterocycles. The smallest absolute Gasteiger partial charge is 0.413 e. The molecule has 0 aromatic heterocycles. The fourth-order valence-corrected chi connectivity index (χ4v) is 21.8. The molecule has 0 saturated heterocycles. The van der Waals surface area contributed by atoms with Crippen LogP contribution >= 0.6 is 23.0 Å². The van der Waals surface area contributed by atoms with Gasteiger partial charge in [0.2, 0.25) is 0 Å². The second-order valence-electron chi connectivity index (χ2n) is 14.4. The number of rotatable bonds is 14. The Balaban J connectivity index is 1.49. The van der Waals surface area contributed by atoms with Crippen molar-refractivity contribution in [2.24, 2.45) is 13.5 Å². The molecule has 1 atom stereocenters. The highest BCUT2D eigenvalue weighted by Crippen LogP contribution is 2.79. The van der Waals surface area contributed by atoms with Crippen molar-refractivity contribution in [2.75, 3.05) is 7.11 Å². The van der Waals surface area contributed by atoms with E-state index < -0.39 is 31.3 Å². The van der Waals surface area contributed by atoms with Crippen LogP contribution in [0.15, 0.2) is 202 Å². The molecule has 13 heteroatoms. The van der Waals surface area contributed by atoms with Crippen LogP contribution in [0.25, 0.3) is 0 Å². The van der Waals surface area contributed by atoms with Gasteiger partial charge < -0.3 is 26.8 Å². The quantitative estimate of drug-likeness (QED) is 0.0614. The van der Waals surface area contributed by atoms with E-state index >= 15 is 0 Å². The Morgan fingerprint density at radius 2 is 0.583 bits per heavy atom. The van der Waals surface area contributed by atoms with E-state index in [0.29, 0.717) is 23.0 Å². The summed E-state index contributed by atoms with van der Waals surface area (Å²) in [6.07, 6.45) is 0. The van der Waals surface area contributed by atoms with Crippen molar-refractivity contribution in [3.05, 3.63) is 210 Å². The molecule has 0 radical (unpaired) electrons. The number of benzene rings is 7. The summed E-state index contributed by atoms with van der Waals surface area (Å²) in [7, 11) is -14.1. The Morgan fingerprint density at radius 3 is 0.850 bits per heavy atom. The van der Waals surface area contributed by atoms with Crippen LogP contribution in [0.3, 0.4) is 0 Å². The molecule has 0 fully saturated rings. The van der Waals surface area contributed by atoms with E-state index in [0.717, 1.165) is 37.8 Å². The Labute approximate surface area is 353 Å². The van der Waals surface area contributed by atoms with Crippen LogP contribution in [0.1, 0.15) is 22.3 Å². The largest absolute Gasteiger partial charge is 0.459 e. The summed E-state index contributed by atoms with van der Waals surface area (Å²) < 4.78 is 59.1. The van der Waals surface area contributed by atoms with Gasteiger partial charge in [-0.25, -0.2) is 0 Å². The molecule has 1 aliphatic rings.